The molecule has 1 atom stereocenters. The maximum atomic E-state index is 8.54. The fourth-order valence-electron chi connectivity index (χ4n) is 0.869. The summed E-state index contributed by atoms with van der Waals surface area (Å²) in [7, 11) is 0. The summed E-state index contributed by atoms with van der Waals surface area (Å²) in [5, 5.41) is 8.54. The molecule has 4 heteroatoms. The molecule has 1 aromatic heterocycles. The number of hydrogen-bond acceptors (Lipinski definition) is 2. The van der Waals surface area contributed by atoms with Crippen molar-refractivity contribution in [3.8, 4) is 0 Å². The average molecular weight is 177 g/mol. The molecular formula is C7H13ClN2O. The van der Waals surface area contributed by atoms with Crippen LogP contribution in [0.2, 0.25) is 0 Å². The number of hydrogen-bond donors (Lipinski definition) is 3. The molecule has 1 aromatic rings. The van der Waals surface area contributed by atoms with E-state index in [9.17, 15) is 0 Å². The lowest BCUT2D eigenvalue weighted by Gasteiger charge is -2.05. The van der Waals surface area contributed by atoms with Crippen LogP contribution in [0.1, 0.15) is 18.2 Å². The Morgan fingerprint density at radius 1 is 1.64 bits per heavy atom. The second kappa shape index (κ2) is 5.18. The van der Waals surface area contributed by atoms with Gasteiger partial charge < -0.3 is 15.8 Å². The van der Waals surface area contributed by atoms with Crippen molar-refractivity contribution in [2.75, 3.05) is 6.61 Å². The summed E-state index contributed by atoms with van der Waals surface area (Å²) >= 11 is 0. The Kier molecular flexibility index (Phi) is 4.94. The Labute approximate surface area is 72.0 Å². The molecule has 0 aliphatic rings. The highest BCUT2D eigenvalue weighted by Gasteiger charge is 2.03. The Morgan fingerprint density at radius 3 is 2.82 bits per heavy atom. The zero-order valence-electron chi connectivity index (χ0n) is 6.16. The molecule has 0 aliphatic heterocycles. The van der Waals surface area contributed by atoms with Crippen LogP contribution in [0, 0.1) is 0 Å². The van der Waals surface area contributed by atoms with Crippen LogP contribution in [0.3, 0.4) is 0 Å². The van der Waals surface area contributed by atoms with E-state index in [1.54, 1.807) is 0 Å². The van der Waals surface area contributed by atoms with Crippen molar-refractivity contribution in [1.82, 2.24) is 4.98 Å². The summed E-state index contributed by atoms with van der Waals surface area (Å²) in [6.45, 7) is 0.139. The minimum atomic E-state index is -0.0556. The van der Waals surface area contributed by atoms with Crippen LogP contribution in [0.15, 0.2) is 18.3 Å². The molecule has 0 aromatic carbocycles. The van der Waals surface area contributed by atoms with Gasteiger partial charge in [-0.05, 0) is 18.6 Å². The zero-order chi connectivity index (χ0) is 7.40. The number of aliphatic hydroxyl groups excluding tert-OH is 1. The molecule has 0 unspecified atom stereocenters. The van der Waals surface area contributed by atoms with Gasteiger partial charge in [-0.2, -0.15) is 0 Å². The summed E-state index contributed by atoms with van der Waals surface area (Å²) in [4.78, 5) is 2.99. The highest BCUT2D eigenvalue weighted by atomic mass is 35.5. The predicted molar refractivity (Wildman–Crippen MR) is 46.7 cm³/mol. The van der Waals surface area contributed by atoms with E-state index in [0.29, 0.717) is 6.42 Å². The van der Waals surface area contributed by atoms with Crippen LogP contribution in [0.25, 0.3) is 0 Å². The lowest BCUT2D eigenvalue weighted by atomic mass is 10.2. The molecule has 0 aliphatic carbocycles. The first-order valence-electron chi connectivity index (χ1n) is 3.34. The van der Waals surface area contributed by atoms with E-state index in [0.717, 1.165) is 5.69 Å². The number of nitrogens with one attached hydrogen (secondary N) is 1. The lowest BCUT2D eigenvalue weighted by Crippen LogP contribution is -2.11. The average Bonchev–Trinajstić information content (AvgIpc) is 2.38. The van der Waals surface area contributed by atoms with Crippen LogP contribution < -0.4 is 5.73 Å². The van der Waals surface area contributed by atoms with Gasteiger partial charge in [0.2, 0.25) is 0 Å². The van der Waals surface area contributed by atoms with Crippen LogP contribution in [0.4, 0.5) is 0 Å². The second-order valence-corrected chi connectivity index (χ2v) is 2.24. The zero-order valence-corrected chi connectivity index (χ0v) is 6.97. The molecule has 11 heavy (non-hydrogen) atoms. The van der Waals surface area contributed by atoms with Gasteiger partial charge in [0.25, 0.3) is 0 Å². The van der Waals surface area contributed by atoms with Gasteiger partial charge in [-0.25, -0.2) is 0 Å². The van der Waals surface area contributed by atoms with Crippen LogP contribution in [-0.4, -0.2) is 16.7 Å². The first-order chi connectivity index (χ1) is 4.84. The van der Waals surface area contributed by atoms with E-state index in [2.05, 4.69) is 4.98 Å². The second-order valence-electron chi connectivity index (χ2n) is 2.24. The lowest BCUT2D eigenvalue weighted by molar-refractivity contribution is 0.276. The van der Waals surface area contributed by atoms with E-state index in [4.69, 9.17) is 10.8 Å². The number of halogens is 1. The van der Waals surface area contributed by atoms with Gasteiger partial charge >= 0.3 is 0 Å². The van der Waals surface area contributed by atoms with Crippen LogP contribution in [0.5, 0.6) is 0 Å². The van der Waals surface area contributed by atoms with Crippen molar-refractivity contribution in [3.63, 3.8) is 0 Å². The minimum absolute atomic E-state index is 0. The number of aromatic amines is 1. The Balaban J connectivity index is 0.000001000. The first kappa shape index (κ1) is 10.5. The molecule has 0 saturated carbocycles. The summed E-state index contributed by atoms with van der Waals surface area (Å²) in [5.41, 5.74) is 6.64. The van der Waals surface area contributed by atoms with Crippen molar-refractivity contribution in [3.05, 3.63) is 24.0 Å². The monoisotopic (exact) mass is 176 g/mol. The number of aromatic nitrogens is 1. The molecule has 4 N–H and O–H groups in total. The predicted octanol–water partition coefficient (Wildman–Crippen LogP) is 0.819. The SMILES string of the molecule is Cl.N[C@H](CCO)c1ccc[nH]1. The Hall–Kier alpha value is -0.510. The molecule has 0 fully saturated rings. The molecule has 1 heterocycles. The topological polar surface area (TPSA) is 62.0 Å². The number of nitrogens with two attached hydrogens (primary N) is 1. The van der Waals surface area contributed by atoms with Crippen molar-refractivity contribution in [2.24, 2.45) is 5.73 Å². The van der Waals surface area contributed by atoms with Crippen LogP contribution in [-0.2, 0) is 0 Å². The normalized spacial score (nSPS) is 12.2. The summed E-state index contributed by atoms with van der Waals surface area (Å²) in [5.74, 6) is 0. The third-order valence-corrected chi connectivity index (χ3v) is 1.46. The number of aliphatic hydroxyl groups is 1. The molecule has 0 spiro atoms. The molecule has 0 amide bonds. The van der Waals surface area contributed by atoms with E-state index in [-0.39, 0.29) is 25.1 Å². The summed E-state index contributed by atoms with van der Waals surface area (Å²) in [6.07, 6.45) is 2.44. The smallest absolute Gasteiger partial charge is 0.0469 e. The summed E-state index contributed by atoms with van der Waals surface area (Å²) in [6, 6.07) is 3.76. The molecule has 64 valence electrons. The number of H-pyrrole nitrogens is 1. The fourth-order valence-corrected chi connectivity index (χ4v) is 0.869. The largest absolute Gasteiger partial charge is 0.396 e. The van der Waals surface area contributed by atoms with Gasteiger partial charge in [0.1, 0.15) is 0 Å². The summed E-state index contributed by atoms with van der Waals surface area (Å²) < 4.78 is 0. The quantitative estimate of drug-likeness (QED) is 0.639. The third-order valence-electron chi connectivity index (χ3n) is 1.46. The van der Waals surface area contributed by atoms with Crippen molar-refractivity contribution >= 4 is 12.4 Å². The van der Waals surface area contributed by atoms with E-state index in [1.165, 1.54) is 0 Å². The van der Waals surface area contributed by atoms with Gasteiger partial charge in [-0.15, -0.1) is 12.4 Å². The van der Waals surface area contributed by atoms with Gasteiger partial charge in [0.15, 0.2) is 0 Å². The van der Waals surface area contributed by atoms with E-state index in [1.807, 2.05) is 18.3 Å². The van der Waals surface area contributed by atoms with Crippen molar-refractivity contribution < 1.29 is 5.11 Å². The molecule has 1 rings (SSSR count). The first-order valence-corrected chi connectivity index (χ1v) is 3.34. The Bertz CT molecular complexity index is 177. The molecule has 3 nitrogen and oxygen atoms in total. The van der Waals surface area contributed by atoms with Crippen molar-refractivity contribution in [2.45, 2.75) is 12.5 Å². The van der Waals surface area contributed by atoms with Gasteiger partial charge in [-0.1, -0.05) is 0 Å². The minimum Gasteiger partial charge on any atom is -0.396 e. The molecular weight excluding hydrogens is 164 g/mol. The third kappa shape index (κ3) is 2.93. The fraction of sp³-hybridized carbons (Fsp3) is 0.429. The standard InChI is InChI=1S/C7H12N2O.ClH/c8-6(3-5-10)7-2-1-4-9-7;/h1-2,4,6,9-10H,3,5,8H2;1H/t6-;/m1./s1. The van der Waals surface area contributed by atoms with Crippen LogP contribution >= 0.6 is 12.4 Å². The molecule has 0 radical (unpaired) electrons. The maximum Gasteiger partial charge on any atom is 0.0469 e. The van der Waals surface area contributed by atoms with Crippen molar-refractivity contribution in [1.29, 1.82) is 0 Å². The van der Waals surface area contributed by atoms with Gasteiger partial charge in [0, 0.05) is 24.5 Å². The van der Waals surface area contributed by atoms with E-state index < -0.39 is 0 Å². The number of rotatable bonds is 3. The van der Waals surface area contributed by atoms with Gasteiger partial charge in [0.05, 0.1) is 0 Å². The highest BCUT2D eigenvalue weighted by molar-refractivity contribution is 5.85. The van der Waals surface area contributed by atoms with Gasteiger partial charge in [-0.3, -0.25) is 0 Å². The highest BCUT2D eigenvalue weighted by Crippen LogP contribution is 2.09. The molecule has 0 saturated heterocycles. The maximum absolute atomic E-state index is 8.54. The Morgan fingerprint density at radius 2 is 2.36 bits per heavy atom. The molecule has 0 bridgehead atoms. The van der Waals surface area contributed by atoms with E-state index >= 15 is 0 Å².